The van der Waals surface area contributed by atoms with Gasteiger partial charge in [-0.25, -0.2) is 4.98 Å². The van der Waals surface area contributed by atoms with E-state index in [1.165, 1.54) is 0 Å². The van der Waals surface area contributed by atoms with Crippen LogP contribution in [0.2, 0.25) is 0 Å². The van der Waals surface area contributed by atoms with Crippen LogP contribution in [-0.2, 0) is 10.8 Å². The Morgan fingerprint density at radius 2 is 2.00 bits per heavy atom. The van der Waals surface area contributed by atoms with E-state index in [1.807, 2.05) is 19.9 Å². The third kappa shape index (κ3) is 1.87. The smallest absolute Gasteiger partial charge is 0.127 e. The summed E-state index contributed by atoms with van der Waals surface area (Å²) in [5.74, 6) is 0. The molecule has 0 bridgehead atoms. The molecule has 1 heterocycles. The van der Waals surface area contributed by atoms with Gasteiger partial charge in [-0.05, 0) is 25.5 Å². The Morgan fingerprint density at radius 1 is 1.36 bits per heavy atom. The SMILES string of the molecule is Cc1ccc(S(C)=O)nc1C. The van der Waals surface area contributed by atoms with Crippen LogP contribution in [0.4, 0.5) is 0 Å². The number of rotatable bonds is 1. The number of pyridine rings is 1. The molecule has 0 radical (unpaired) electrons. The standard InChI is InChI=1S/C8H11NOS/c1-6-4-5-8(11(3)10)9-7(6)2/h4-5H,1-3H3. The fraction of sp³-hybridized carbons (Fsp3) is 0.375. The molecule has 0 N–H and O–H groups in total. The van der Waals surface area contributed by atoms with Gasteiger partial charge in [0.15, 0.2) is 0 Å². The zero-order valence-electron chi connectivity index (χ0n) is 6.92. The molecule has 2 nitrogen and oxygen atoms in total. The van der Waals surface area contributed by atoms with E-state index >= 15 is 0 Å². The monoisotopic (exact) mass is 169 g/mol. The van der Waals surface area contributed by atoms with Crippen molar-refractivity contribution < 1.29 is 4.21 Å². The molecular weight excluding hydrogens is 158 g/mol. The van der Waals surface area contributed by atoms with Crippen molar-refractivity contribution in [1.29, 1.82) is 0 Å². The molecule has 0 saturated heterocycles. The molecule has 1 aromatic rings. The lowest BCUT2D eigenvalue weighted by molar-refractivity contribution is 0.683. The van der Waals surface area contributed by atoms with Crippen molar-refractivity contribution in [1.82, 2.24) is 4.98 Å². The molecule has 0 saturated carbocycles. The van der Waals surface area contributed by atoms with Gasteiger partial charge >= 0.3 is 0 Å². The van der Waals surface area contributed by atoms with Gasteiger partial charge in [0.1, 0.15) is 5.03 Å². The molecule has 1 rings (SSSR count). The Balaban J connectivity index is 3.15. The summed E-state index contributed by atoms with van der Waals surface area (Å²) in [5.41, 5.74) is 2.09. The van der Waals surface area contributed by atoms with Gasteiger partial charge in [-0.1, -0.05) is 6.07 Å². The van der Waals surface area contributed by atoms with Crippen molar-refractivity contribution in [3.8, 4) is 0 Å². The summed E-state index contributed by atoms with van der Waals surface area (Å²) in [4.78, 5) is 4.17. The summed E-state index contributed by atoms with van der Waals surface area (Å²) in [6.45, 7) is 3.91. The predicted octanol–water partition coefficient (Wildman–Crippen LogP) is 1.44. The summed E-state index contributed by atoms with van der Waals surface area (Å²) >= 11 is 0. The van der Waals surface area contributed by atoms with Crippen LogP contribution in [0.15, 0.2) is 17.2 Å². The fourth-order valence-corrected chi connectivity index (χ4v) is 1.29. The lowest BCUT2D eigenvalue weighted by Gasteiger charge is -1.99. The Hall–Kier alpha value is -0.700. The Kier molecular flexibility index (Phi) is 2.39. The van der Waals surface area contributed by atoms with Gasteiger partial charge in [-0.3, -0.25) is 4.21 Å². The Labute approximate surface area is 69.1 Å². The number of nitrogens with zero attached hydrogens (tertiary/aromatic N) is 1. The van der Waals surface area contributed by atoms with Gasteiger partial charge in [0.05, 0.1) is 10.8 Å². The first-order chi connectivity index (χ1) is 5.11. The maximum Gasteiger partial charge on any atom is 0.127 e. The molecule has 0 fully saturated rings. The number of aryl methyl sites for hydroxylation is 2. The maximum absolute atomic E-state index is 11.0. The van der Waals surface area contributed by atoms with Gasteiger partial charge < -0.3 is 0 Å². The van der Waals surface area contributed by atoms with Crippen LogP contribution in [0, 0.1) is 13.8 Å². The lowest BCUT2D eigenvalue weighted by atomic mass is 10.2. The van der Waals surface area contributed by atoms with Crippen LogP contribution < -0.4 is 0 Å². The normalized spacial score (nSPS) is 13.0. The molecule has 0 aliphatic rings. The minimum absolute atomic E-state index is 0.660. The summed E-state index contributed by atoms with van der Waals surface area (Å²) in [6.07, 6.45) is 1.64. The average molecular weight is 169 g/mol. The first-order valence-electron chi connectivity index (χ1n) is 3.39. The van der Waals surface area contributed by atoms with Crippen molar-refractivity contribution in [2.75, 3.05) is 6.26 Å². The van der Waals surface area contributed by atoms with Crippen LogP contribution in [0.5, 0.6) is 0 Å². The first-order valence-corrected chi connectivity index (χ1v) is 4.95. The van der Waals surface area contributed by atoms with Crippen molar-refractivity contribution in [2.45, 2.75) is 18.9 Å². The zero-order valence-corrected chi connectivity index (χ0v) is 7.73. The second-order valence-electron chi connectivity index (χ2n) is 2.51. The summed E-state index contributed by atoms with van der Waals surface area (Å²) in [6, 6.07) is 3.75. The first kappa shape index (κ1) is 8.40. The summed E-state index contributed by atoms with van der Waals surface area (Å²) in [7, 11) is -0.959. The van der Waals surface area contributed by atoms with E-state index in [0.717, 1.165) is 11.3 Å². The largest absolute Gasteiger partial charge is 0.253 e. The molecule has 0 aliphatic heterocycles. The summed E-state index contributed by atoms with van der Waals surface area (Å²) in [5, 5.41) is 0.660. The van der Waals surface area contributed by atoms with E-state index in [-0.39, 0.29) is 0 Å². The molecule has 60 valence electrons. The second-order valence-corrected chi connectivity index (χ2v) is 3.83. The third-order valence-electron chi connectivity index (χ3n) is 1.62. The molecule has 1 atom stereocenters. The van der Waals surface area contributed by atoms with Gasteiger partial charge in [-0.2, -0.15) is 0 Å². The lowest BCUT2D eigenvalue weighted by Crippen LogP contribution is -1.95. The number of aromatic nitrogens is 1. The molecule has 3 heteroatoms. The van der Waals surface area contributed by atoms with E-state index in [2.05, 4.69) is 4.98 Å². The molecular formula is C8H11NOS. The molecule has 1 unspecified atom stereocenters. The minimum atomic E-state index is -0.959. The highest BCUT2D eigenvalue weighted by Gasteiger charge is 1.99. The average Bonchev–Trinajstić information content (AvgIpc) is 1.94. The minimum Gasteiger partial charge on any atom is -0.253 e. The second kappa shape index (κ2) is 3.13. The topological polar surface area (TPSA) is 30.0 Å². The molecule has 0 amide bonds. The highest BCUT2D eigenvalue weighted by Crippen LogP contribution is 2.06. The van der Waals surface area contributed by atoms with Crippen LogP contribution >= 0.6 is 0 Å². The number of hydrogen-bond donors (Lipinski definition) is 0. The van der Waals surface area contributed by atoms with Gasteiger partial charge in [0.2, 0.25) is 0 Å². The van der Waals surface area contributed by atoms with Crippen LogP contribution in [-0.4, -0.2) is 15.4 Å². The fourth-order valence-electron chi connectivity index (χ4n) is 0.768. The van der Waals surface area contributed by atoms with Gasteiger partial charge in [0.25, 0.3) is 0 Å². The van der Waals surface area contributed by atoms with E-state index in [0.29, 0.717) is 5.03 Å². The maximum atomic E-state index is 11.0. The highest BCUT2D eigenvalue weighted by atomic mass is 32.2. The quantitative estimate of drug-likeness (QED) is 0.636. The van der Waals surface area contributed by atoms with Crippen molar-refractivity contribution in [3.05, 3.63) is 23.4 Å². The Morgan fingerprint density at radius 3 is 2.45 bits per heavy atom. The molecule has 0 spiro atoms. The Bertz CT molecular complexity index is 296. The molecule has 0 aromatic carbocycles. The number of hydrogen-bond acceptors (Lipinski definition) is 2. The van der Waals surface area contributed by atoms with E-state index in [1.54, 1.807) is 12.3 Å². The van der Waals surface area contributed by atoms with E-state index < -0.39 is 10.8 Å². The van der Waals surface area contributed by atoms with Crippen LogP contribution in [0.3, 0.4) is 0 Å². The van der Waals surface area contributed by atoms with Gasteiger partial charge in [0, 0.05) is 11.9 Å². The molecule has 11 heavy (non-hydrogen) atoms. The molecule has 0 aliphatic carbocycles. The third-order valence-corrected chi connectivity index (χ3v) is 2.44. The van der Waals surface area contributed by atoms with Gasteiger partial charge in [-0.15, -0.1) is 0 Å². The highest BCUT2D eigenvalue weighted by molar-refractivity contribution is 7.84. The molecule has 1 aromatic heterocycles. The van der Waals surface area contributed by atoms with Crippen molar-refractivity contribution >= 4 is 10.8 Å². The zero-order chi connectivity index (χ0) is 8.43. The van der Waals surface area contributed by atoms with Crippen molar-refractivity contribution in [2.24, 2.45) is 0 Å². The van der Waals surface area contributed by atoms with Crippen LogP contribution in [0.25, 0.3) is 0 Å². The summed E-state index contributed by atoms with van der Waals surface area (Å²) < 4.78 is 11.0. The van der Waals surface area contributed by atoms with Crippen LogP contribution in [0.1, 0.15) is 11.3 Å². The van der Waals surface area contributed by atoms with E-state index in [4.69, 9.17) is 0 Å². The van der Waals surface area contributed by atoms with Crippen molar-refractivity contribution in [3.63, 3.8) is 0 Å². The van der Waals surface area contributed by atoms with E-state index in [9.17, 15) is 4.21 Å². The predicted molar refractivity (Wildman–Crippen MR) is 46.0 cm³/mol.